The number of hydrogen-bond donors (Lipinski definition) is 1. The number of morpholine rings is 1. The van der Waals surface area contributed by atoms with Gasteiger partial charge in [-0.05, 0) is 55.0 Å². The van der Waals surface area contributed by atoms with Crippen LogP contribution in [0.5, 0.6) is 5.75 Å². The highest BCUT2D eigenvalue weighted by molar-refractivity contribution is 5.80. The lowest BCUT2D eigenvalue weighted by Gasteiger charge is -2.35. The van der Waals surface area contributed by atoms with Crippen LogP contribution in [0.3, 0.4) is 0 Å². The minimum atomic E-state index is -0.380. The highest BCUT2D eigenvalue weighted by Crippen LogP contribution is 2.31. The summed E-state index contributed by atoms with van der Waals surface area (Å²) in [6.07, 6.45) is 0.853. The molecule has 0 aliphatic carbocycles. The van der Waals surface area contributed by atoms with Gasteiger partial charge in [0.15, 0.2) is 5.82 Å². The lowest BCUT2D eigenvalue weighted by molar-refractivity contribution is 0.0204. The zero-order chi connectivity index (χ0) is 21.3. The van der Waals surface area contributed by atoms with Crippen LogP contribution in [-0.4, -0.2) is 63.5 Å². The Hall–Kier alpha value is -2.78. The zero-order valence-electron chi connectivity index (χ0n) is 17.9. The Balaban J connectivity index is 1.90. The monoisotopic (exact) mass is 412 g/mol. The number of aromatic nitrogens is 5. The quantitative estimate of drug-likeness (QED) is 0.662. The summed E-state index contributed by atoms with van der Waals surface area (Å²) in [6.45, 7) is 8.89. The van der Waals surface area contributed by atoms with Gasteiger partial charge in [0.05, 0.1) is 25.9 Å². The molecule has 2 aromatic heterocycles. The first kappa shape index (κ1) is 20.5. The molecule has 4 rings (SSSR count). The number of tetrazole rings is 1. The Bertz CT molecular complexity index is 1080. The van der Waals surface area contributed by atoms with Crippen molar-refractivity contribution in [2.45, 2.75) is 38.8 Å². The van der Waals surface area contributed by atoms with Crippen molar-refractivity contribution in [1.82, 2.24) is 30.1 Å². The second kappa shape index (κ2) is 8.16. The largest absolute Gasteiger partial charge is 0.497 e. The first-order chi connectivity index (χ1) is 14.4. The van der Waals surface area contributed by atoms with Gasteiger partial charge in [-0.15, -0.1) is 5.10 Å². The van der Waals surface area contributed by atoms with E-state index in [1.54, 1.807) is 7.11 Å². The van der Waals surface area contributed by atoms with Crippen molar-refractivity contribution in [1.29, 1.82) is 0 Å². The number of nitrogens with zero attached hydrogens (tertiary/aromatic N) is 5. The number of pyridine rings is 1. The number of fused-ring (bicyclic) bond motifs is 1. The van der Waals surface area contributed by atoms with Crippen molar-refractivity contribution in [2.24, 2.45) is 0 Å². The van der Waals surface area contributed by atoms with Crippen LogP contribution in [-0.2, 0) is 10.3 Å². The normalized spacial score (nSPS) is 16.7. The van der Waals surface area contributed by atoms with Crippen LogP contribution >= 0.6 is 0 Å². The lowest BCUT2D eigenvalue weighted by atomic mass is 9.99. The summed E-state index contributed by atoms with van der Waals surface area (Å²) in [5.74, 6) is 1.40. The molecule has 9 nitrogen and oxygen atoms in total. The molecule has 1 fully saturated rings. The molecule has 0 unspecified atom stereocenters. The van der Waals surface area contributed by atoms with Crippen molar-refractivity contribution in [2.75, 3.05) is 33.4 Å². The third-order valence-corrected chi connectivity index (χ3v) is 5.96. The molecular formula is C21H28N6O3. The Morgan fingerprint density at radius 3 is 2.73 bits per heavy atom. The molecule has 1 aliphatic heterocycles. The first-order valence-corrected chi connectivity index (χ1v) is 10.3. The molecule has 0 spiro atoms. The van der Waals surface area contributed by atoms with Crippen molar-refractivity contribution in [3.63, 3.8) is 0 Å². The van der Waals surface area contributed by atoms with Crippen molar-refractivity contribution >= 4 is 10.9 Å². The van der Waals surface area contributed by atoms with E-state index in [1.807, 2.05) is 28.9 Å². The maximum Gasteiger partial charge on any atom is 0.253 e. The summed E-state index contributed by atoms with van der Waals surface area (Å²) in [5, 5.41) is 13.5. The average molecular weight is 412 g/mol. The van der Waals surface area contributed by atoms with Gasteiger partial charge >= 0.3 is 0 Å². The molecule has 9 heteroatoms. The predicted molar refractivity (Wildman–Crippen MR) is 113 cm³/mol. The lowest BCUT2D eigenvalue weighted by Crippen LogP contribution is -2.43. The van der Waals surface area contributed by atoms with Gasteiger partial charge in [0, 0.05) is 29.6 Å². The Labute approximate surface area is 175 Å². The molecule has 0 amide bonds. The highest BCUT2D eigenvalue weighted by atomic mass is 16.5. The third kappa shape index (κ3) is 3.70. The van der Waals surface area contributed by atoms with Gasteiger partial charge in [-0.1, -0.05) is 6.92 Å². The van der Waals surface area contributed by atoms with Crippen molar-refractivity contribution in [3.05, 3.63) is 46.0 Å². The zero-order valence-corrected chi connectivity index (χ0v) is 17.9. The minimum absolute atomic E-state index is 0.145. The number of aromatic amines is 1. The Kier molecular flexibility index (Phi) is 5.57. The molecule has 30 heavy (non-hydrogen) atoms. The molecule has 0 radical (unpaired) electrons. The SMILES string of the molecule is CCC(C)(C)n1nnnc1[C@@H](c1cc2cc(OC)ccc2[nH]c1=O)N1CCOCC1. The second-order valence-electron chi connectivity index (χ2n) is 8.17. The van der Waals surface area contributed by atoms with Crippen molar-refractivity contribution < 1.29 is 9.47 Å². The summed E-state index contributed by atoms with van der Waals surface area (Å²) in [5.41, 5.74) is 0.948. The van der Waals surface area contributed by atoms with E-state index in [2.05, 4.69) is 46.2 Å². The standard InChI is InChI=1S/C21H28N6O3/c1-5-21(2,3)27-19(23-24-25-27)18(26-8-10-30-11-9-26)16-13-14-12-15(29-4)6-7-17(14)22-20(16)28/h6-7,12-13,18H,5,8-11H2,1-4H3,(H,22,28)/t18-/m1/s1. The molecule has 3 heterocycles. The maximum absolute atomic E-state index is 13.2. The van der Waals surface area contributed by atoms with Crippen LogP contribution in [0.4, 0.5) is 0 Å². The van der Waals surface area contributed by atoms with E-state index >= 15 is 0 Å². The minimum Gasteiger partial charge on any atom is -0.497 e. The van der Waals surface area contributed by atoms with Crippen LogP contribution in [0, 0.1) is 0 Å². The number of hydrogen-bond acceptors (Lipinski definition) is 7. The number of ether oxygens (including phenoxy) is 2. The molecule has 0 bridgehead atoms. The molecule has 1 atom stereocenters. The van der Waals surface area contributed by atoms with Gasteiger partial charge < -0.3 is 14.5 Å². The van der Waals surface area contributed by atoms with E-state index in [1.165, 1.54) is 0 Å². The summed E-state index contributed by atoms with van der Waals surface area (Å²) in [4.78, 5) is 18.4. The number of rotatable bonds is 6. The first-order valence-electron chi connectivity index (χ1n) is 10.3. The van der Waals surface area contributed by atoms with Gasteiger partial charge in [-0.2, -0.15) is 0 Å². The smallest absolute Gasteiger partial charge is 0.253 e. The molecule has 160 valence electrons. The van der Waals surface area contributed by atoms with Gasteiger partial charge in [0.1, 0.15) is 11.8 Å². The molecular weight excluding hydrogens is 384 g/mol. The van der Waals surface area contributed by atoms with Crippen LogP contribution in [0.15, 0.2) is 29.1 Å². The van der Waals surface area contributed by atoms with E-state index < -0.39 is 0 Å². The molecule has 1 aliphatic rings. The maximum atomic E-state index is 13.2. The fraction of sp³-hybridized carbons (Fsp3) is 0.524. The number of H-pyrrole nitrogens is 1. The molecule has 3 aromatic rings. The summed E-state index contributed by atoms with van der Waals surface area (Å²) in [6, 6.07) is 7.16. The molecule has 0 saturated carbocycles. The molecule has 1 aromatic carbocycles. The van der Waals surface area contributed by atoms with Gasteiger partial charge in [-0.25, -0.2) is 4.68 Å². The summed E-state index contributed by atoms with van der Waals surface area (Å²) in [7, 11) is 1.63. The van der Waals surface area contributed by atoms with Crippen molar-refractivity contribution in [3.8, 4) is 5.75 Å². The topological polar surface area (TPSA) is 98.2 Å². The van der Waals surface area contributed by atoms with Crippen LogP contribution in [0.2, 0.25) is 0 Å². The van der Waals surface area contributed by atoms with Gasteiger partial charge in [0.25, 0.3) is 5.56 Å². The second-order valence-corrected chi connectivity index (χ2v) is 8.17. The fourth-order valence-electron chi connectivity index (χ4n) is 3.81. The summed E-state index contributed by atoms with van der Waals surface area (Å²) < 4.78 is 12.8. The number of methoxy groups -OCH3 is 1. The van der Waals surface area contributed by atoms with E-state index in [0.29, 0.717) is 37.7 Å². The Morgan fingerprint density at radius 1 is 1.27 bits per heavy atom. The van der Waals surface area contributed by atoms with Crippen LogP contribution in [0.1, 0.15) is 44.6 Å². The van der Waals surface area contributed by atoms with Crippen LogP contribution in [0.25, 0.3) is 10.9 Å². The number of nitrogens with one attached hydrogen (secondary N) is 1. The Morgan fingerprint density at radius 2 is 2.03 bits per heavy atom. The average Bonchev–Trinajstić information content (AvgIpc) is 3.25. The number of benzene rings is 1. The van der Waals surface area contributed by atoms with E-state index in [-0.39, 0.29) is 17.1 Å². The van der Waals surface area contributed by atoms with E-state index in [4.69, 9.17) is 9.47 Å². The third-order valence-electron chi connectivity index (χ3n) is 5.96. The fourth-order valence-corrected chi connectivity index (χ4v) is 3.81. The van der Waals surface area contributed by atoms with Crippen LogP contribution < -0.4 is 10.3 Å². The molecule has 1 N–H and O–H groups in total. The van der Waals surface area contributed by atoms with Gasteiger partial charge in [0.2, 0.25) is 0 Å². The van der Waals surface area contributed by atoms with E-state index in [0.717, 1.165) is 23.1 Å². The molecule has 1 saturated heterocycles. The predicted octanol–water partition coefficient (Wildman–Crippen LogP) is 2.09. The highest BCUT2D eigenvalue weighted by Gasteiger charge is 2.34. The van der Waals surface area contributed by atoms with Gasteiger partial charge in [-0.3, -0.25) is 9.69 Å². The van der Waals surface area contributed by atoms with E-state index in [9.17, 15) is 4.79 Å². The summed E-state index contributed by atoms with van der Waals surface area (Å²) >= 11 is 0.